The van der Waals surface area contributed by atoms with E-state index in [2.05, 4.69) is 10.3 Å². The average Bonchev–Trinajstić information content (AvgIpc) is 3.26. The molecular formula is C18H19N3O3S. The van der Waals surface area contributed by atoms with Crippen molar-refractivity contribution in [2.75, 3.05) is 6.61 Å². The number of rotatable bonds is 7. The van der Waals surface area contributed by atoms with Crippen molar-refractivity contribution in [3.8, 4) is 0 Å². The first-order valence-electron chi connectivity index (χ1n) is 8.06. The summed E-state index contributed by atoms with van der Waals surface area (Å²) in [5.74, 6) is 0.0531. The molecule has 130 valence electrons. The summed E-state index contributed by atoms with van der Waals surface area (Å²) in [6.07, 6.45) is 0.712. The SMILES string of the molecule is CCc1nc2ccccc2n1CC(=O)OCC(=O)NCc1cccs1. The van der Waals surface area contributed by atoms with Gasteiger partial charge in [0.05, 0.1) is 17.6 Å². The standard InChI is InChI=1S/C18H19N3O3S/c1-2-16-20-14-7-3-4-8-15(14)21(16)11-18(23)24-12-17(22)19-10-13-6-5-9-25-13/h3-9H,2,10-12H2,1H3,(H,19,22). The molecule has 2 aromatic heterocycles. The van der Waals surface area contributed by atoms with Crippen molar-refractivity contribution in [3.63, 3.8) is 0 Å². The Morgan fingerprint density at radius 2 is 2.08 bits per heavy atom. The maximum absolute atomic E-state index is 12.1. The van der Waals surface area contributed by atoms with Crippen molar-refractivity contribution >= 4 is 34.2 Å². The molecule has 7 heteroatoms. The number of benzene rings is 1. The molecule has 0 saturated heterocycles. The Kier molecular flexibility index (Phi) is 5.45. The minimum atomic E-state index is -0.455. The van der Waals surface area contributed by atoms with E-state index in [-0.39, 0.29) is 19.1 Å². The molecule has 0 aliphatic carbocycles. The second-order valence-electron chi connectivity index (χ2n) is 5.47. The minimum absolute atomic E-state index is 0.0435. The van der Waals surface area contributed by atoms with Crippen molar-refractivity contribution < 1.29 is 14.3 Å². The zero-order valence-electron chi connectivity index (χ0n) is 13.9. The normalized spacial score (nSPS) is 10.8. The van der Waals surface area contributed by atoms with Crippen LogP contribution in [0.5, 0.6) is 0 Å². The molecule has 0 saturated carbocycles. The number of carbonyl (C=O) groups is 2. The lowest BCUT2D eigenvalue weighted by Crippen LogP contribution is -2.29. The summed E-state index contributed by atoms with van der Waals surface area (Å²) in [7, 11) is 0. The van der Waals surface area contributed by atoms with E-state index in [4.69, 9.17) is 4.74 Å². The van der Waals surface area contributed by atoms with Gasteiger partial charge in [-0.1, -0.05) is 25.1 Å². The van der Waals surface area contributed by atoms with Gasteiger partial charge < -0.3 is 14.6 Å². The van der Waals surface area contributed by atoms with E-state index < -0.39 is 5.97 Å². The number of amides is 1. The number of imidazole rings is 1. The lowest BCUT2D eigenvalue weighted by atomic mass is 10.3. The zero-order chi connectivity index (χ0) is 17.6. The van der Waals surface area contributed by atoms with E-state index in [0.717, 1.165) is 21.7 Å². The number of aromatic nitrogens is 2. The number of para-hydroxylation sites is 2. The average molecular weight is 357 g/mol. The Morgan fingerprint density at radius 1 is 1.24 bits per heavy atom. The molecule has 0 radical (unpaired) electrons. The second-order valence-corrected chi connectivity index (χ2v) is 6.51. The van der Waals surface area contributed by atoms with E-state index in [1.54, 1.807) is 11.3 Å². The fourth-order valence-corrected chi connectivity index (χ4v) is 3.19. The number of hydrogen-bond acceptors (Lipinski definition) is 5. The zero-order valence-corrected chi connectivity index (χ0v) is 14.7. The lowest BCUT2D eigenvalue weighted by molar-refractivity contribution is -0.149. The molecular weight excluding hydrogens is 338 g/mol. The Hall–Kier alpha value is -2.67. The smallest absolute Gasteiger partial charge is 0.326 e. The first-order chi connectivity index (χ1) is 12.2. The van der Waals surface area contributed by atoms with Crippen LogP contribution in [0.2, 0.25) is 0 Å². The van der Waals surface area contributed by atoms with Crippen molar-refractivity contribution in [1.82, 2.24) is 14.9 Å². The maximum atomic E-state index is 12.1. The highest BCUT2D eigenvalue weighted by Gasteiger charge is 2.14. The molecule has 2 heterocycles. The highest BCUT2D eigenvalue weighted by Crippen LogP contribution is 2.16. The minimum Gasteiger partial charge on any atom is -0.454 e. The van der Waals surface area contributed by atoms with Gasteiger partial charge >= 0.3 is 5.97 Å². The third-order valence-electron chi connectivity index (χ3n) is 3.74. The van der Waals surface area contributed by atoms with Gasteiger partial charge in [0.1, 0.15) is 12.4 Å². The number of carbonyl (C=O) groups excluding carboxylic acids is 2. The molecule has 0 bridgehead atoms. The maximum Gasteiger partial charge on any atom is 0.326 e. The number of hydrogen-bond donors (Lipinski definition) is 1. The largest absolute Gasteiger partial charge is 0.454 e. The number of ether oxygens (including phenoxy) is 1. The van der Waals surface area contributed by atoms with Crippen LogP contribution in [0.1, 0.15) is 17.6 Å². The predicted molar refractivity (Wildman–Crippen MR) is 96.2 cm³/mol. The van der Waals surface area contributed by atoms with Crippen molar-refractivity contribution in [2.24, 2.45) is 0 Å². The van der Waals surface area contributed by atoms with Gasteiger partial charge in [-0.05, 0) is 23.6 Å². The van der Waals surface area contributed by atoms with Gasteiger partial charge in [0.2, 0.25) is 0 Å². The van der Waals surface area contributed by atoms with Crippen LogP contribution in [0.4, 0.5) is 0 Å². The summed E-state index contributed by atoms with van der Waals surface area (Å²) in [5, 5.41) is 4.67. The lowest BCUT2D eigenvalue weighted by Gasteiger charge is -2.09. The Labute approximate surface area is 149 Å². The van der Waals surface area contributed by atoms with Gasteiger partial charge in [-0.2, -0.15) is 0 Å². The first kappa shape index (κ1) is 17.2. The Bertz CT molecular complexity index is 871. The molecule has 0 spiro atoms. The summed E-state index contributed by atoms with van der Waals surface area (Å²) in [4.78, 5) is 29.5. The molecule has 0 fully saturated rings. The van der Waals surface area contributed by atoms with Crippen LogP contribution in [-0.4, -0.2) is 28.0 Å². The number of aryl methyl sites for hydroxylation is 1. The number of thiophene rings is 1. The van der Waals surface area contributed by atoms with Gasteiger partial charge in [0.15, 0.2) is 6.61 Å². The molecule has 25 heavy (non-hydrogen) atoms. The van der Waals surface area contributed by atoms with E-state index >= 15 is 0 Å². The fraction of sp³-hybridized carbons (Fsp3) is 0.278. The highest BCUT2D eigenvalue weighted by atomic mass is 32.1. The van der Waals surface area contributed by atoms with Crippen molar-refractivity contribution in [1.29, 1.82) is 0 Å². The number of nitrogens with zero attached hydrogens (tertiary/aromatic N) is 2. The van der Waals surface area contributed by atoms with Crippen LogP contribution in [0.3, 0.4) is 0 Å². The molecule has 3 aromatic rings. The molecule has 0 atom stereocenters. The third kappa shape index (κ3) is 4.24. The van der Waals surface area contributed by atoms with E-state index in [1.165, 1.54) is 0 Å². The summed E-state index contributed by atoms with van der Waals surface area (Å²) in [5.41, 5.74) is 1.74. The topological polar surface area (TPSA) is 73.2 Å². The molecule has 1 N–H and O–H groups in total. The monoisotopic (exact) mass is 357 g/mol. The van der Waals surface area contributed by atoms with E-state index in [9.17, 15) is 9.59 Å². The van der Waals surface area contributed by atoms with Crippen LogP contribution in [0.15, 0.2) is 41.8 Å². The summed E-state index contributed by atoms with van der Waals surface area (Å²) >= 11 is 1.56. The van der Waals surface area contributed by atoms with Gasteiger partial charge in [-0.25, -0.2) is 4.98 Å². The fourth-order valence-electron chi connectivity index (χ4n) is 2.54. The van der Waals surface area contributed by atoms with Gasteiger partial charge in [-0.3, -0.25) is 9.59 Å². The molecule has 0 unspecified atom stereocenters. The van der Waals surface area contributed by atoms with Crippen LogP contribution in [0, 0.1) is 0 Å². The highest BCUT2D eigenvalue weighted by molar-refractivity contribution is 7.09. The van der Waals surface area contributed by atoms with E-state index in [0.29, 0.717) is 13.0 Å². The van der Waals surface area contributed by atoms with Crippen LogP contribution in [0.25, 0.3) is 11.0 Å². The number of nitrogens with one attached hydrogen (secondary N) is 1. The summed E-state index contributed by atoms with van der Waals surface area (Å²) < 4.78 is 6.93. The third-order valence-corrected chi connectivity index (χ3v) is 4.62. The first-order valence-corrected chi connectivity index (χ1v) is 8.94. The van der Waals surface area contributed by atoms with Gasteiger partial charge in [0.25, 0.3) is 5.91 Å². The predicted octanol–water partition coefficient (Wildman–Crippen LogP) is 2.52. The van der Waals surface area contributed by atoms with Crippen molar-refractivity contribution in [3.05, 3.63) is 52.5 Å². The number of esters is 1. The van der Waals surface area contributed by atoms with Crippen LogP contribution < -0.4 is 5.32 Å². The molecule has 0 aliphatic rings. The molecule has 6 nitrogen and oxygen atoms in total. The molecule has 1 amide bonds. The van der Waals surface area contributed by atoms with Gasteiger partial charge in [0, 0.05) is 11.3 Å². The summed E-state index contributed by atoms with van der Waals surface area (Å²) in [6, 6.07) is 11.5. The van der Waals surface area contributed by atoms with Gasteiger partial charge in [-0.15, -0.1) is 11.3 Å². The van der Waals surface area contributed by atoms with E-state index in [1.807, 2.05) is 53.3 Å². The number of fused-ring (bicyclic) bond motifs is 1. The molecule has 1 aromatic carbocycles. The Balaban J connectivity index is 1.55. The summed E-state index contributed by atoms with van der Waals surface area (Å²) in [6.45, 7) is 2.20. The Morgan fingerprint density at radius 3 is 2.84 bits per heavy atom. The van der Waals surface area contributed by atoms with Crippen molar-refractivity contribution in [2.45, 2.75) is 26.4 Å². The second kappa shape index (κ2) is 7.94. The quantitative estimate of drug-likeness (QED) is 0.660. The van der Waals surface area contributed by atoms with Crippen LogP contribution >= 0.6 is 11.3 Å². The molecule has 3 rings (SSSR count). The van der Waals surface area contributed by atoms with Crippen LogP contribution in [-0.2, 0) is 33.8 Å². The molecule has 0 aliphatic heterocycles.